The summed E-state index contributed by atoms with van der Waals surface area (Å²) < 4.78 is 33.2. The number of hydrogen-bond donors (Lipinski definition) is 2. The number of anilines is 1. The Morgan fingerprint density at radius 1 is 1.33 bits per heavy atom. The van der Waals surface area contributed by atoms with Gasteiger partial charge in [0.1, 0.15) is 5.82 Å². The van der Waals surface area contributed by atoms with E-state index >= 15 is 4.39 Å². The molecular formula is C22H22ClFN4O4S. The molecule has 0 radical (unpaired) electrons. The van der Waals surface area contributed by atoms with E-state index in [-0.39, 0.29) is 46.8 Å². The predicted molar refractivity (Wildman–Crippen MR) is 122 cm³/mol. The van der Waals surface area contributed by atoms with Gasteiger partial charge in [-0.05, 0) is 29.8 Å². The standard InChI is InChI=1S/C22H22ClFN4O4S/c1-22(2,11-29)21-26-19(32-27-21)14-7-17-18(8-15(14)24)33(31)10-16(25)20(30)28(17)9-12-3-5-13(23)6-4-12/h3-8,16,29H,9-11,25H2,1-2H3/t16-,33?/m0/s1. The van der Waals surface area contributed by atoms with Crippen LogP contribution in [0.5, 0.6) is 0 Å². The normalized spacial score (nSPS) is 18.8. The molecule has 8 nitrogen and oxygen atoms in total. The highest BCUT2D eigenvalue weighted by Gasteiger charge is 2.34. The fourth-order valence-electron chi connectivity index (χ4n) is 3.36. The Labute approximate surface area is 197 Å². The van der Waals surface area contributed by atoms with Gasteiger partial charge in [0.25, 0.3) is 5.89 Å². The molecule has 3 aromatic rings. The molecule has 0 saturated heterocycles. The number of carbonyl (C=O) groups is 1. The van der Waals surface area contributed by atoms with E-state index in [0.717, 1.165) is 11.6 Å². The van der Waals surface area contributed by atoms with Gasteiger partial charge in [-0.2, -0.15) is 4.98 Å². The molecule has 1 aromatic heterocycles. The van der Waals surface area contributed by atoms with E-state index in [2.05, 4.69) is 10.1 Å². The van der Waals surface area contributed by atoms with E-state index < -0.39 is 34.0 Å². The molecule has 0 saturated carbocycles. The Hall–Kier alpha value is -2.66. The molecular weight excluding hydrogens is 471 g/mol. The number of halogens is 2. The quantitative estimate of drug-likeness (QED) is 0.561. The molecule has 33 heavy (non-hydrogen) atoms. The highest BCUT2D eigenvalue weighted by atomic mass is 35.5. The summed E-state index contributed by atoms with van der Waals surface area (Å²) >= 11 is 5.96. The molecule has 3 N–H and O–H groups in total. The number of benzene rings is 2. The topological polar surface area (TPSA) is 123 Å². The van der Waals surface area contributed by atoms with Crippen LogP contribution in [-0.4, -0.2) is 43.8 Å². The van der Waals surface area contributed by atoms with E-state index in [9.17, 15) is 14.1 Å². The van der Waals surface area contributed by atoms with Crippen molar-refractivity contribution in [3.05, 3.63) is 58.6 Å². The van der Waals surface area contributed by atoms with Crippen LogP contribution in [0.2, 0.25) is 5.02 Å². The number of aliphatic hydroxyl groups is 1. The minimum Gasteiger partial charge on any atom is -0.395 e. The Morgan fingerprint density at radius 2 is 2.03 bits per heavy atom. The minimum absolute atomic E-state index is 0.0531. The van der Waals surface area contributed by atoms with Crippen LogP contribution in [0.15, 0.2) is 45.8 Å². The lowest BCUT2D eigenvalue weighted by atomic mass is 9.94. The van der Waals surface area contributed by atoms with Gasteiger partial charge in [-0.1, -0.05) is 42.7 Å². The first-order valence-electron chi connectivity index (χ1n) is 10.1. The van der Waals surface area contributed by atoms with Crippen LogP contribution >= 0.6 is 11.6 Å². The smallest absolute Gasteiger partial charge is 0.260 e. The van der Waals surface area contributed by atoms with E-state index in [4.69, 9.17) is 21.9 Å². The second-order valence-corrected chi connectivity index (χ2v) is 10.3. The number of aliphatic hydroxyl groups excluding tert-OH is 1. The van der Waals surface area contributed by atoms with Gasteiger partial charge in [-0.25, -0.2) is 4.39 Å². The van der Waals surface area contributed by atoms with Crippen LogP contribution in [0, 0.1) is 5.82 Å². The van der Waals surface area contributed by atoms with Crippen LogP contribution < -0.4 is 10.6 Å². The van der Waals surface area contributed by atoms with Gasteiger partial charge in [-0.3, -0.25) is 9.00 Å². The summed E-state index contributed by atoms with van der Waals surface area (Å²) in [6, 6.07) is 8.37. The highest BCUT2D eigenvalue weighted by molar-refractivity contribution is 7.85. The van der Waals surface area contributed by atoms with Gasteiger partial charge in [-0.15, -0.1) is 0 Å². The van der Waals surface area contributed by atoms with Crippen molar-refractivity contribution >= 4 is 34.0 Å². The summed E-state index contributed by atoms with van der Waals surface area (Å²) in [5.74, 6) is -1.22. The van der Waals surface area contributed by atoms with Crippen LogP contribution in [0.3, 0.4) is 0 Å². The van der Waals surface area contributed by atoms with Gasteiger partial charge in [0.2, 0.25) is 5.91 Å². The van der Waals surface area contributed by atoms with Gasteiger partial charge >= 0.3 is 0 Å². The van der Waals surface area contributed by atoms with Crippen molar-refractivity contribution in [2.24, 2.45) is 5.73 Å². The monoisotopic (exact) mass is 492 g/mol. The van der Waals surface area contributed by atoms with E-state index in [1.165, 1.54) is 11.0 Å². The third-order valence-electron chi connectivity index (χ3n) is 5.41. The molecule has 0 spiro atoms. The van der Waals surface area contributed by atoms with Gasteiger partial charge in [0, 0.05) is 5.02 Å². The summed E-state index contributed by atoms with van der Waals surface area (Å²) in [6.45, 7) is 3.31. The maximum Gasteiger partial charge on any atom is 0.260 e. The summed E-state index contributed by atoms with van der Waals surface area (Å²) in [5.41, 5.74) is 6.16. The van der Waals surface area contributed by atoms with E-state index in [1.54, 1.807) is 38.1 Å². The maximum absolute atomic E-state index is 15.1. The van der Waals surface area contributed by atoms with Crippen molar-refractivity contribution < 1.29 is 23.0 Å². The molecule has 2 heterocycles. The first kappa shape index (κ1) is 23.5. The molecule has 11 heteroatoms. The zero-order valence-corrected chi connectivity index (χ0v) is 19.5. The first-order valence-corrected chi connectivity index (χ1v) is 11.8. The Balaban J connectivity index is 1.83. The number of nitrogens with zero attached hydrogens (tertiary/aromatic N) is 3. The lowest BCUT2D eigenvalue weighted by Gasteiger charge is -2.24. The molecule has 0 bridgehead atoms. The van der Waals surface area contributed by atoms with Crippen molar-refractivity contribution in [1.82, 2.24) is 10.1 Å². The van der Waals surface area contributed by atoms with Crippen molar-refractivity contribution in [1.29, 1.82) is 0 Å². The average molecular weight is 493 g/mol. The second-order valence-electron chi connectivity index (χ2n) is 8.43. The lowest BCUT2D eigenvalue weighted by molar-refractivity contribution is -0.119. The zero-order valence-electron chi connectivity index (χ0n) is 17.9. The summed E-state index contributed by atoms with van der Waals surface area (Å²) in [7, 11) is -1.70. The van der Waals surface area contributed by atoms with Crippen LogP contribution in [0.1, 0.15) is 25.2 Å². The third-order valence-corrected chi connectivity index (χ3v) is 7.14. The number of nitrogens with two attached hydrogens (primary N) is 1. The molecule has 0 aliphatic carbocycles. The molecule has 1 aliphatic heterocycles. The highest BCUT2D eigenvalue weighted by Crippen LogP contribution is 2.36. The Bertz CT molecular complexity index is 1230. The molecule has 0 fully saturated rings. The molecule has 2 aromatic carbocycles. The van der Waals surface area contributed by atoms with Gasteiger partial charge in [0.15, 0.2) is 5.82 Å². The number of amides is 1. The predicted octanol–water partition coefficient (Wildman–Crippen LogP) is 2.78. The van der Waals surface area contributed by atoms with Crippen LogP contribution in [-0.2, 0) is 27.6 Å². The summed E-state index contributed by atoms with van der Waals surface area (Å²) in [4.78, 5) is 18.9. The Morgan fingerprint density at radius 3 is 2.70 bits per heavy atom. The van der Waals surface area contributed by atoms with Gasteiger partial charge < -0.3 is 20.3 Å². The van der Waals surface area contributed by atoms with Gasteiger partial charge in [0.05, 0.1) is 57.3 Å². The maximum atomic E-state index is 15.1. The molecule has 2 atom stereocenters. The first-order chi connectivity index (χ1) is 15.6. The second kappa shape index (κ2) is 8.94. The fourth-order valence-corrected chi connectivity index (χ4v) is 4.77. The number of aromatic nitrogens is 2. The SMILES string of the molecule is CC(C)(CO)c1noc(-c2cc3c(cc2F)S(=O)C[C@H](N)C(=O)N3Cc2ccc(Cl)cc2)n1. The van der Waals surface area contributed by atoms with Crippen LogP contribution in [0.4, 0.5) is 10.1 Å². The molecule has 1 unspecified atom stereocenters. The summed E-state index contributed by atoms with van der Waals surface area (Å²) in [5, 5.41) is 14.0. The number of carbonyl (C=O) groups excluding carboxylic acids is 1. The fraction of sp³-hybridized carbons (Fsp3) is 0.318. The largest absolute Gasteiger partial charge is 0.395 e. The number of hydrogen-bond acceptors (Lipinski definition) is 7. The molecule has 174 valence electrons. The van der Waals surface area contributed by atoms with Crippen molar-refractivity contribution in [3.8, 4) is 11.5 Å². The zero-order chi connectivity index (χ0) is 23.9. The number of rotatable bonds is 5. The average Bonchev–Trinajstić information content (AvgIpc) is 3.26. The molecule has 1 aliphatic rings. The van der Waals surface area contributed by atoms with Crippen molar-refractivity contribution in [3.63, 3.8) is 0 Å². The van der Waals surface area contributed by atoms with Crippen molar-refractivity contribution in [2.45, 2.75) is 36.7 Å². The van der Waals surface area contributed by atoms with E-state index in [0.29, 0.717) is 5.02 Å². The van der Waals surface area contributed by atoms with Crippen LogP contribution in [0.25, 0.3) is 11.5 Å². The lowest BCUT2D eigenvalue weighted by Crippen LogP contribution is -2.44. The van der Waals surface area contributed by atoms with Crippen molar-refractivity contribution in [2.75, 3.05) is 17.3 Å². The Kier molecular flexibility index (Phi) is 6.37. The molecule has 4 rings (SSSR count). The third kappa shape index (κ3) is 4.56. The minimum atomic E-state index is -1.70. The summed E-state index contributed by atoms with van der Waals surface area (Å²) in [6.07, 6.45) is 0. The molecule has 1 amide bonds. The number of fused-ring (bicyclic) bond motifs is 1. The van der Waals surface area contributed by atoms with E-state index in [1.807, 2.05) is 0 Å².